The average molecular weight is 492 g/mol. The molecular formula is C22H29IN4O. The van der Waals surface area contributed by atoms with E-state index in [0.29, 0.717) is 13.1 Å². The summed E-state index contributed by atoms with van der Waals surface area (Å²) in [6, 6.07) is 18.6. The Hall–Kier alpha value is -2.06. The van der Waals surface area contributed by atoms with Crippen molar-refractivity contribution in [2.45, 2.75) is 12.5 Å². The summed E-state index contributed by atoms with van der Waals surface area (Å²) in [6.45, 7) is 3.37. The molecule has 28 heavy (non-hydrogen) atoms. The number of benzene rings is 2. The molecule has 3 N–H and O–H groups in total. The highest BCUT2D eigenvalue weighted by Crippen LogP contribution is 2.18. The quantitative estimate of drug-likeness (QED) is 0.241. The molecule has 1 atom stereocenters. The number of aliphatic hydroxyl groups excluding tert-OH is 1. The molecular weight excluding hydrogens is 463 g/mol. The summed E-state index contributed by atoms with van der Waals surface area (Å²) in [5.41, 5.74) is 3.57. The molecule has 1 heterocycles. The van der Waals surface area contributed by atoms with Gasteiger partial charge in [0.15, 0.2) is 5.96 Å². The summed E-state index contributed by atoms with van der Waals surface area (Å²) in [4.78, 5) is 6.63. The topological polar surface area (TPSA) is 59.9 Å². The number of halogens is 1. The van der Waals surface area contributed by atoms with E-state index in [1.54, 1.807) is 7.05 Å². The number of aliphatic imine (C=N–C) groups is 1. The van der Waals surface area contributed by atoms with Gasteiger partial charge in [0.05, 0.1) is 6.61 Å². The van der Waals surface area contributed by atoms with E-state index in [1.165, 1.54) is 11.3 Å². The largest absolute Gasteiger partial charge is 0.396 e. The maximum atomic E-state index is 9.70. The zero-order chi connectivity index (χ0) is 18.9. The SMILES string of the molecule is CN=C(NCc1cccc(N2CC=CC2)c1)NCC(CO)c1ccccc1.I. The number of rotatable bonds is 7. The molecule has 0 fully saturated rings. The second-order valence-corrected chi connectivity index (χ2v) is 6.64. The standard InChI is InChI=1S/C22H28N4O.HI/c1-23-22(25-16-20(17-27)19-9-3-2-4-10-19)24-15-18-8-7-11-21(14-18)26-12-5-6-13-26;/h2-11,14,20,27H,12-13,15-17H2,1H3,(H2,23,24,25);1H. The highest BCUT2D eigenvalue weighted by molar-refractivity contribution is 14.0. The fourth-order valence-electron chi connectivity index (χ4n) is 3.19. The predicted octanol–water partition coefficient (Wildman–Crippen LogP) is 3.12. The smallest absolute Gasteiger partial charge is 0.191 e. The number of anilines is 1. The minimum absolute atomic E-state index is 0. The Morgan fingerprint density at radius 1 is 1.07 bits per heavy atom. The Morgan fingerprint density at radius 3 is 2.50 bits per heavy atom. The normalized spacial score (nSPS) is 14.5. The van der Waals surface area contributed by atoms with E-state index in [-0.39, 0.29) is 36.5 Å². The second kappa shape index (κ2) is 11.7. The highest BCUT2D eigenvalue weighted by Gasteiger charge is 2.11. The van der Waals surface area contributed by atoms with Gasteiger partial charge in [0.1, 0.15) is 0 Å². The first-order valence-corrected chi connectivity index (χ1v) is 9.39. The van der Waals surface area contributed by atoms with Crippen LogP contribution in [-0.4, -0.2) is 44.4 Å². The molecule has 0 aromatic heterocycles. The van der Waals surface area contributed by atoms with Gasteiger partial charge in [-0.3, -0.25) is 4.99 Å². The Bertz CT molecular complexity index is 771. The lowest BCUT2D eigenvalue weighted by Gasteiger charge is -2.20. The van der Waals surface area contributed by atoms with Crippen molar-refractivity contribution in [2.75, 3.05) is 38.2 Å². The summed E-state index contributed by atoms with van der Waals surface area (Å²) in [5, 5.41) is 16.4. The van der Waals surface area contributed by atoms with Gasteiger partial charge in [-0.15, -0.1) is 24.0 Å². The molecule has 1 aliphatic rings. The molecule has 0 saturated heterocycles. The van der Waals surface area contributed by atoms with Crippen LogP contribution in [0.1, 0.15) is 17.0 Å². The van der Waals surface area contributed by atoms with Crippen molar-refractivity contribution < 1.29 is 5.11 Å². The van der Waals surface area contributed by atoms with Gasteiger partial charge < -0.3 is 20.6 Å². The molecule has 3 rings (SSSR count). The lowest BCUT2D eigenvalue weighted by atomic mass is 10.0. The average Bonchev–Trinajstić information content (AvgIpc) is 3.27. The second-order valence-electron chi connectivity index (χ2n) is 6.64. The minimum atomic E-state index is 0. The van der Waals surface area contributed by atoms with Crippen molar-refractivity contribution in [3.63, 3.8) is 0 Å². The van der Waals surface area contributed by atoms with Crippen LogP contribution in [0.15, 0.2) is 71.7 Å². The molecule has 0 spiro atoms. The summed E-state index contributed by atoms with van der Waals surface area (Å²) < 4.78 is 0. The van der Waals surface area contributed by atoms with Gasteiger partial charge in [0.2, 0.25) is 0 Å². The molecule has 5 nitrogen and oxygen atoms in total. The molecule has 0 amide bonds. The van der Waals surface area contributed by atoms with Crippen LogP contribution in [-0.2, 0) is 6.54 Å². The minimum Gasteiger partial charge on any atom is -0.396 e. The van der Waals surface area contributed by atoms with E-state index in [2.05, 4.69) is 56.9 Å². The first kappa shape index (κ1) is 22.2. The summed E-state index contributed by atoms with van der Waals surface area (Å²) in [5.74, 6) is 0.772. The molecule has 2 aromatic rings. The molecule has 150 valence electrons. The Balaban J connectivity index is 0.00000280. The third-order valence-corrected chi connectivity index (χ3v) is 4.78. The van der Waals surface area contributed by atoms with Crippen LogP contribution in [0.5, 0.6) is 0 Å². The van der Waals surface area contributed by atoms with Gasteiger partial charge in [0.25, 0.3) is 0 Å². The lowest BCUT2D eigenvalue weighted by Crippen LogP contribution is -2.39. The fourth-order valence-corrected chi connectivity index (χ4v) is 3.19. The zero-order valence-electron chi connectivity index (χ0n) is 16.2. The molecule has 0 saturated carbocycles. The summed E-state index contributed by atoms with van der Waals surface area (Å²) in [6.07, 6.45) is 4.39. The number of guanidine groups is 1. The number of aliphatic hydroxyl groups is 1. The van der Waals surface area contributed by atoms with E-state index in [0.717, 1.165) is 24.6 Å². The molecule has 0 radical (unpaired) electrons. The van der Waals surface area contributed by atoms with Crippen LogP contribution >= 0.6 is 24.0 Å². The van der Waals surface area contributed by atoms with E-state index >= 15 is 0 Å². The number of nitrogens with one attached hydrogen (secondary N) is 2. The van der Waals surface area contributed by atoms with E-state index < -0.39 is 0 Å². The molecule has 0 aliphatic carbocycles. The predicted molar refractivity (Wildman–Crippen MR) is 128 cm³/mol. The molecule has 1 unspecified atom stereocenters. The third kappa shape index (κ3) is 6.24. The number of nitrogens with zero attached hydrogens (tertiary/aromatic N) is 2. The van der Waals surface area contributed by atoms with Gasteiger partial charge in [-0.1, -0.05) is 54.6 Å². The first-order chi connectivity index (χ1) is 13.3. The number of hydrogen-bond donors (Lipinski definition) is 3. The van der Waals surface area contributed by atoms with E-state index in [9.17, 15) is 5.11 Å². The summed E-state index contributed by atoms with van der Waals surface area (Å²) >= 11 is 0. The van der Waals surface area contributed by atoms with Gasteiger partial charge in [-0.25, -0.2) is 0 Å². The van der Waals surface area contributed by atoms with Gasteiger partial charge in [-0.05, 0) is 23.3 Å². The van der Waals surface area contributed by atoms with Crippen LogP contribution in [0.2, 0.25) is 0 Å². The van der Waals surface area contributed by atoms with Crippen LogP contribution in [0.4, 0.5) is 5.69 Å². The van der Waals surface area contributed by atoms with Crippen molar-refractivity contribution in [2.24, 2.45) is 4.99 Å². The van der Waals surface area contributed by atoms with Gasteiger partial charge >= 0.3 is 0 Å². The number of hydrogen-bond acceptors (Lipinski definition) is 3. The Kier molecular flexibility index (Phi) is 9.30. The van der Waals surface area contributed by atoms with Crippen molar-refractivity contribution in [1.29, 1.82) is 0 Å². The summed E-state index contributed by atoms with van der Waals surface area (Å²) in [7, 11) is 1.76. The maximum absolute atomic E-state index is 9.70. The van der Waals surface area contributed by atoms with Crippen molar-refractivity contribution in [3.05, 3.63) is 77.9 Å². The van der Waals surface area contributed by atoms with Gasteiger partial charge in [0, 0.05) is 44.8 Å². The zero-order valence-corrected chi connectivity index (χ0v) is 18.5. The molecule has 1 aliphatic heterocycles. The van der Waals surface area contributed by atoms with Crippen LogP contribution in [0.25, 0.3) is 0 Å². The van der Waals surface area contributed by atoms with Crippen molar-refractivity contribution in [3.8, 4) is 0 Å². The monoisotopic (exact) mass is 492 g/mol. The van der Waals surface area contributed by atoms with Crippen molar-refractivity contribution >= 4 is 35.6 Å². The third-order valence-electron chi connectivity index (χ3n) is 4.78. The van der Waals surface area contributed by atoms with E-state index in [1.807, 2.05) is 30.3 Å². The Morgan fingerprint density at radius 2 is 1.82 bits per heavy atom. The van der Waals surface area contributed by atoms with Crippen molar-refractivity contribution in [1.82, 2.24) is 10.6 Å². The molecule has 6 heteroatoms. The van der Waals surface area contributed by atoms with Crippen LogP contribution in [0.3, 0.4) is 0 Å². The Labute approximate surface area is 184 Å². The fraction of sp³-hybridized carbons (Fsp3) is 0.318. The van der Waals surface area contributed by atoms with Crippen LogP contribution in [0, 0.1) is 0 Å². The first-order valence-electron chi connectivity index (χ1n) is 9.39. The van der Waals surface area contributed by atoms with Gasteiger partial charge in [-0.2, -0.15) is 0 Å². The lowest BCUT2D eigenvalue weighted by molar-refractivity contribution is 0.265. The van der Waals surface area contributed by atoms with Crippen LogP contribution < -0.4 is 15.5 Å². The van der Waals surface area contributed by atoms with E-state index in [4.69, 9.17) is 0 Å². The maximum Gasteiger partial charge on any atom is 0.191 e. The molecule has 2 aromatic carbocycles. The highest BCUT2D eigenvalue weighted by atomic mass is 127. The molecule has 0 bridgehead atoms.